The number of hydrogen-bond acceptors (Lipinski definition) is 1. The molecule has 96 valence electrons. The van der Waals surface area contributed by atoms with Crippen molar-refractivity contribution in [2.24, 2.45) is 11.3 Å². The van der Waals surface area contributed by atoms with Crippen LogP contribution in [0.1, 0.15) is 38.2 Å². The first kappa shape index (κ1) is 11.8. The first-order chi connectivity index (χ1) is 8.66. The molecule has 2 aliphatic rings. The molecule has 1 amide bonds. The van der Waals surface area contributed by atoms with Crippen LogP contribution in [0, 0.1) is 11.3 Å². The third-order valence-electron chi connectivity index (χ3n) is 4.48. The summed E-state index contributed by atoms with van der Waals surface area (Å²) >= 11 is 0. The summed E-state index contributed by atoms with van der Waals surface area (Å²) in [6.07, 6.45) is 5.61. The van der Waals surface area contributed by atoms with E-state index in [9.17, 15) is 4.79 Å². The molecule has 1 aromatic carbocycles. The van der Waals surface area contributed by atoms with Gasteiger partial charge in [0.1, 0.15) is 0 Å². The molecule has 0 aromatic heterocycles. The number of nitrogens with one attached hydrogen (secondary N) is 1. The molecule has 1 N–H and O–H groups in total. The fraction of sp³-hybridized carbons (Fsp3) is 0.562. The molecule has 1 saturated carbocycles. The highest BCUT2D eigenvalue weighted by atomic mass is 16.2. The van der Waals surface area contributed by atoms with Crippen LogP contribution in [0.5, 0.6) is 0 Å². The molecule has 0 spiro atoms. The van der Waals surface area contributed by atoms with Gasteiger partial charge in [0.25, 0.3) is 0 Å². The molecule has 3 rings (SSSR count). The number of amides is 1. The van der Waals surface area contributed by atoms with Gasteiger partial charge in [-0.15, -0.1) is 0 Å². The van der Waals surface area contributed by atoms with Crippen molar-refractivity contribution in [1.29, 1.82) is 0 Å². The normalized spacial score (nSPS) is 31.4. The highest BCUT2D eigenvalue weighted by Crippen LogP contribution is 2.46. The molecule has 1 aliphatic heterocycles. The van der Waals surface area contributed by atoms with Crippen LogP contribution in [0.2, 0.25) is 0 Å². The molecule has 1 aliphatic carbocycles. The first-order valence-electron chi connectivity index (χ1n) is 6.99. The van der Waals surface area contributed by atoms with Gasteiger partial charge in [0.15, 0.2) is 0 Å². The van der Waals surface area contributed by atoms with Gasteiger partial charge in [-0.25, -0.2) is 0 Å². The molecule has 2 unspecified atom stereocenters. The molecule has 18 heavy (non-hydrogen) atoms. The predicted molar refractivity (Wildman–Crippen MR) is 72.1 cm³/mol. The van der Waals surface area contributed by atoms with Crippen molar-refractivity contribution in [2.75, 3.05) is 0 Å². The second kappa shape index (κ2) is 4.42. The van der Waals surface area contributed by atoms with Gasteiger partial charge < -0.3 is 5.32 Å². The van der Waals surface area contributed by atoms with E-state index in [1.807, 2.05) is 6.07 Å². The van der Waals surface area contributed by atoms with Gasteiger partial charge in [-0.1, -0.05) is 50.1 Å². The highest BCUT2D eigenvalue weighted by molar-refractivity contribution is 5.80. The van der Waals surface area contributed by atoms with E-state index in [1.165, 1.54) is 24.8 Å². The summed E-state index contributed by atoms with van der Waals surface area (Å²) in [7, 11) is 0. The lowest BCUT2D eigenvalue weighted by atomic mass is 9.75. The van der Waals surface area contributed by atoms with Gasteiger partial charge in [0, 0.05) is 12.5 Å². The Balaban J connectivity index is 1.74. The Morgan fingerprint density at radius 1 is 1.28 bits per heavy atom. The van der Waals surface area contributed by atoms with Crippen LogP contribution in [-0.4, -0.2) is 11.9 Å². The summed E-state index contributed by atoms with van der Waals surface area (Å²) in [5, 5.41) is 3.19. The molecule has 1 aromatic rings. The average molecular weight is 243 g/mol. The monoisotopic (exact) mass is 243 g/mol. The highest BCUT2D eigenvalue weighted by Gasteiger charge is 2.45. The number of rotatable bonds is 4. The maximum atomic E-state index is 11.8. The molecule has 2 atom stereocenters. The lowest BCUT2D eigenvalue weighted by Crippen LogP contribution is -2.37. The fourth-order valence-electron chi connectivity index (χ4n) is 3.25. The van der Waals surface area contributed by atoms with Crippen LogP contribution >= 0.6 is 0 Å². The maximum Gasteiger partial charge on any atom is 0.220 e. The standard InChI is InChI=1S/C16H21NO/c1-16(10-13-7-8-13)11-15(18)17-14(16)9-12-5-3-2-4-6-12/h2-6,13-14H,7-11H2,1H3,(H,17,18). The summed E-state index contributed by atoms with van der Waals surface area (Å²) in [5.41, 5.74) is 1.49. The van der Waals surface area contributed by atoms with Gasteiger partial charge in [-0.2, -0.15) is 0 Å². The van der Waals surface area contributed by atoms with Crippen LogP contribution in [-0.2, 0) is 11.2 Å². The Bertz CT molecular complexity index is 438. The number of carbonyl (C=O) groups excluding carboxylic acids is 1. The molecule has 1 heterocycles. The van der Waals surface area contributed by atoms with Crippen LogP contribution in [0.25, 0.3) is 0 Å². The van der Waals surface area contributed by atoms with Crippen molar-refractivity contribution in [1.82, 2.24) is 5.32 Å². The summed E-state index contributed by atoms with van der Waals surface area (Å²) < 4.78 is 0. The zero-order chi connectivity index (χ0) is 12.6. The topological polar surface area (TPSA) is 29.1 Å². The number of benzene rings is 1. The smallest absolute Gasteiger partial charge is 0.220 e. The van der Waals surface area contributed by atoms with Gasteiger partial charge in [-0.05, 0) is 29.7 Å². The largest absolute Gasteiger partial charge is 0.352 e. The van der Waals surface area contributed by atoms with E-state index in [2.05, 4.69) is 36.5 Å². The van der Waals surface area contributed by atoms with Crippen LogP contribution in [0.3, 0.4) is 0 Å². The molecular formula is C16H21NO. The Labute approximate surface area is 109 Å². The second-order valence-corrected chi connectivity index (χ2v) is 6.29. The van der Waals surface area contributed by atoms with E-state index < -0.39 is 0 Å². The third-order valence-corrected chi connectivity index (χ3v) is 4.48. The Morgan fingerprint density at radius 2 is 2.00 bits per heavy atom. The van der Waals surface area contributed by atoms with Gasteiger partial charge in [0.2, 0.25) is 5.91 Å². The van der Waals surface area contributed by atoms with Crippen LogP contribution in [0.15, 0.2) is 30.3 Å². The lowest BCUT2D eigenvalue weighted by molar-refractivity contribution is -0.119. The van der Waals surface area contributed by atoms with E-state index in [1.54, 1.807) is 0 Å². The molecule has 2 heteroatoms. The summed E-state index contributed by atoms with van der Waals surface area (Å²) in [4.78, 5) is 11.8. The Hall–Kier alpha value is -1.31. The second-order valence-electron chi connectivity index (χ2n) is 6.29. The van der Waals surface area contributed by atoms with E-state index in [4.69, 9.17) is 0 Å². The summed E-state index contributed by atoms with van der Waals surface area (Å²) in [5.74, 6) is 1.11. The van der Waals surface area contributed by atoms with Crippen molar-refractivity contribution >= 4 is 5.91 Å². The average Bonchev–Trinajstić information content (AvgIpc) is 3.08. The zero-order valence-corrected chi connectivity index (χ0v) is 11.0. The minimum Gasteiger partial charge on any atom is -0.352 e. The SMILES string of the molecule is CC1(CC2CC2)CC(=O)NC1Cc1ccccc1. The predicted octanol–water partition coefficient (Wildman–Crippen LogP) is 2.92. The Kier molecular flexibility index (Phi) is 2.89. The Morgan fingerprint density at radius 3 is 2.67 bits per heavy atom. The van der Waals surface area contributed by atoms with E-state index in [0.717, 1.165) is 12.3 Å². The minimum absolute atomic E-state index is 0.161. The van der Waals surface area contributed by atoms with E-state index in [0.29, 0.717) is 12.5 Å². The quantitative estimate of drug-likeness (QED) is 0.865. The summed E-state index contributed by atoms with van der Waals surface area (Å²) in [6, 6.07) is 10.8. The molecule has 2 nitrogen and oxygen atoms in total. The third kappa shape index (κ3) is 2.43. The van der Waals surface area contributed by atoms with E-state index in [-0.39, 0.29) is 11.3 Å². The van der Waals surface area contributed by atoms with Gasteiger partial charge in [0.05, 0.1) is 0 Å². The maximum absolute atomic E-state index is 11.8. The molecule has 1 saturated heterocycles. The zero-order valence-electron chi connectivity index (χ0n) is 11.0. The lowest BCUT2D eigenvalue weighted by Gasteiger charge is -2.30. The van der Waals surface area contributed by atoms with Crippen LogP contribution < -0.4 is 5.32 Å². The number of hydrogen-bond donors (Lipinski definition) is 1. The molecule has 2 fully saturated rings. The van der Waals surface area contributed by atoms with E-state index >= 15 is 0 Å². The number of carbonyl (C=O) groups is 1. The van der Waals surface area contributed by atoms with Crippen molar-refractivity contribution in [3.8, 4) is 0 Å². The van der Waals surface area contributed by atoms with Gasteiger partial charge in [-0.3, -0.25) is 4.79 Å². The first-order valence-corrected chi connectivity index (χ1v) is 6.99. The minimum atomic E-state index is 0.161. The van der Waals surface area contributed by atoms with Crippen molar-refractivity contribution in [3.63, 3.8) is 0 Å². The van der Waals surface area contributed by atoms with Crippen molar-refractivity contribution in [3.05, 3.63) is 35.9 Å². The van der Waals surface area contributed by atoms with Crippen molar-refractivity contribution < 1.29 is 4.79 Å². The molecule has 0 bridgehead atoms. The molecule has 0 radical (unpaired) electrons. The molecular weight excluding hydrogens is 222 g/mol. The fourth-order valence-corrected chi connectivity index (χ4v) is 3.25. The van der Waals surface area contributed by atoms with Gasteiger partial charge >= 0.3 is 0 Å². The van der Waals surface area contributed by atoms with Crippen molar-refractivity contribution in [2.45, 2.75) is 45.1 Å². The van der Waals surface area contributed by atoms with Crippen LogP contribution in [0.4, 0.5) is 0 Å². The summed E-state index contributed by atoms with van der Waals surface area (Å²) in [6.45, 7) is 2.29.